The van der Waals surface area contributed by atoms with Crippen molar-refractivity contribution in [3.63, 3.8) is 0 Å². The van der Waals surface area contributed by atoms with Gasteiger partial charge in [-0.05, 0) is 12.1 Å². The molecule has 0 atom stereocenters. The number of carbonyl (C=O) groups excluding carboxylic acids is 1. The van der Waals surface area contributed by atoms with Gasteiger partial charge >= 0.3 is 5.97 Å². The fraction of sp³-hybridized carbons (Fsp3) is 0.462. The van der Waals surface area contributed by atoms with Crippen LogP contribution in [-0.4, -0.2) is 26.3 Å². The second-order valence-corrected chi connectivity index (χ2v) is 4.54. The van der Waals surface area contributed by atoms with E-state index in [9.17, 15) is 4.79 Å². The van der Waals surface area contributed by atoms with Crippen molar-refractivity contribution in [1.29, 1.82) is 0 Å². The standard InChI is InChI=1S/C13H18O3/c1-13(2,9-15-3)10-16-12(14)11-7-5-4-6-8-11/h4-8H,9-10H2,1-3H3. The summed E-state index contributed by atoms with van der Waals surface area (Å²) in [7, 11) is 1.64. The molecule has 0 saturated carbocycles. The molecule has 0 saturated heterocycles. The van der Waals surface area contributed by atoms with Crippen molar-refractivity contribution >= 4 is 5.97 Å². The molecule has 0 amide bonds. The van der Waals surface area contributed by atoms with Crippen molar-refractivity contribution < 1.29 is 14.3 Å². The van der Waals surface area contributed by atoms with E-state index in [1.165, 1.54) is 0 Å². The molecule has 0 heterocycles. The smallest absolute Gasteiger partial charge is 0.338 e. The molecule has 0 radical (unpaired) electrons. The molecule has 0 aliphatic carbocycles. The van der Waals surface area contributed by atoms with Crippen molar-refractivity contribution in [2.45, 2.75) is 13.8 Å². The molecule has 1 aromatic carbocycles. The Bertz CT molecular complexity index is 330. The van der Waals surface area contributed by atoms with Gasteiger partial charge in [-0.1, -0.05) is 32.0 Å². The van der Waals surface area contributed by atoms with Gasteiger partial charge in [0.2, 0.25) is 0 Å². The molecule has 0 aliphatic heterocycles. The molecule has 0 N–H and O–H groups in total. The zero-order valence-corrected chi connectivity index (χ0v) is 10.0. The minimum absolute atomic E-state index is 0.154. The summed E-state index contributed by atoms with van der Waals surface area (Å²) in [5, 5.41) is 0. The Morgan fingerprint density at radius 1 is 1.19 bits per heavy atom. The van der Waals surface area contributed by atoms with Crippen molar-refractivity contribution in [2.24, 2.45) is 5.41 Å². The van der Waals surface area contributed by atoms with Crippen molar-refractivity contribution in [3.8, 4) is 0 Å². The van der Waals surface area contributed by atoms with E-state index in [2.05, 4.69) is 0 Å². The molecule has 0 aliphatic rings. The minimum atomic E-state index is -0.287. The number of ether oxygens (including phenoxy) is 2. The van der Waals surface area contributed by atoms with E-state index in [0.717, 1.165) is 0 Å². The highest BCUT2D eigenvalue weighted by Crippen LogP contribution is 2.16. The lowest BCUT2D eigenvalue weighted by Gasteiger charge is -2.22. The summed E-state index contributed by atoms with van der Waals surface area (Å²) >= 11 is 0. The van der Waals surface area contributed by atoms with E-state index in [1.807, 2.05) is 32.0 Å². The van der Waals surface area contributed by atoms with Crippen LogP contribution in [-0.2, 0) is 9.47 Å². The Balaban J connectivity index is 2.48. The molecule has 1 rings (SSSR count). The van der Waals surface area contributed by atoms with Crippen LogP contribution in [0.3, 0.4) is 0 Å². The highest BCUT2D eigenvalue weighted by molar-refractivity contribution is 5.89. The normalized spacial score (nSPS) is 11.2. The zero-order valence-electron chi connectivity index (χ0n) is 10.0. The molecule has 3 heteroatoms. The summed E-state index contributed by atoms with van der Waals surface area (Å²) in [5.41, 5.74) is 0.426. The van der Waals surface area contributed by atoms with Gasteiger partial charge in [0.25, 0.3) is 0 Å². The second kappa shape index (κ2) is 5.66. The molecule has 0 aromatic heterocycles. The van der Waals surface area contributed by atoms with Crippen LogP contribution in [0.1, 0.15) is 24.2 Å². The van der Waals surface area contributed by atoms with Gasteiger partial charge in [0.1, 0.15) is 0 Å². The fourth-order valence-electron chi connectivity index (χ4n) is 1.35. The summed E-state index contributed by atoms with van der Waals surface area (Å²) in [6, 6.07) is 8.98. The fourth-order valence-corrected chi connectivity index (χ4v) is 1.35. The second-order valence-electron chi connectivity index (χ2n) is 4.54. The predicted octanol–water partition coefficient (Wildman–Crippen LogP) is 2.52. The number of esters is 1. The number of methoxy groups -OCH3 is 1. The van der Waals surface area contributed by atoms with Gasteiger partial charge in [-0.3, -0.25) is 0 Å². The summed E-state index contributed by atoms with van der Waals surface area (Å²) in [5.74, 6) is -0.287. The quantitative estimate of drug-likeness (QED) is 0.718. The Kier molecular flexibility index (Phi) is 4.50. The zero-order chi connectivity index (χ0) is 12.0. The van der Waals surface area contributed by atoms with Gasteiger partial charge in [0.05, 0.1) is 18.8 Å². The van der Waals surface area contributed by atoms with E-state index in [4.69, 9.17) is 9.47 Å². The minimum Gasteiger partial charge on any atom is -0.461 e. The predicted molar refractivity (Wildman–Crippen MR) is 62.4 cm³/mol. The lowest BCUT2D eigenvalue weighted by molar-refractivity contribution is 0.0136. The largest absolute Gasteiger partial charge is 0.461 e. The Labute approximate surface area is 96.4 Å². The van der Waals surface area contributed by atoms with E-state index >= 15 is 0 Å². The SMILES string of the molecule is COCC(C)(C)COC(=O)c1ccccc1. The van der Waals surface area contributed by atoms with Crippen molar-refractivity contribution in [3.05, 3.63) is 35.9 Å². The van der Waals surface area contributed by atoms with Crippen LogP contribution >= 0.6 is 0 Å². The molecule has 16 heavy (non-hydrogen) atoms. The van der Waals surface area contributed by atoms with Gasteiger partial charge in [0, 0.05) is 12.5 Å². The first-order chi connectivity index (χ1) is 7.55. The average molecular weight is 222 g/mol. The first-order valence-electron chi connectivity index (χ1n) is 5.26. The van der Waals surface area contributed by atoms with Crippen LogP contribution < -0.4 is 0 Å². The first-order valence-corrected chi connectivity index (χ1v) is 5.26. The van der Waals surface area contributed by atoms with Gasteiger partial charge in [0.15, 0.2) is 0 Å². The molecule has 0 unspecified atom stereocenters. The number of rotatable bonds is 5. The molecular formula is C13H18O3. The van der Waals surface area contributed by atoms with E-state index in [-0.39, 0.29) is 11.4 Å². The lowest BCUT2D eigenvalue weighted by atomic mass is 9.96. The van der Waals surface area contributed by atoms with Gasteiger partial charge in [-0.15, -0.1) is 0 Å². The van der Waals surface area contributed by atoms with Crippen LogP contribution in [0.5, 0.6) is 0 Å². The summed E-state index contributed by atoms with van der Waals surface area (Å²) in [6.07, 6.45) is 0. The monoisotopic (exact) mass is 222 g/mol. The number of benzene rings is 1. The number of carbonyl (C=O) groups is 1. The third-order valence-corrected chi connectivity index (χ3v) is 2.14. The maximum Gasteiger partial charge on any atom is 0.338 e. The van der Waals surface area contributed by atoms with E-state index in [1.54, 1.807) is 19.2 Å². The Morgan fingerprint density at radius 2 is 1.81 bits per heavy atom. The van der Waals surface area contributed by atoms with Crippen molar-refractivity contribution in [2.75, 3.05) is 20.3 Å². The topological polar surface area (TPSA) is 35.5 Å². The summed E-state index contributed by atoms with van der Waals surface area (Å²) < 4.78 is 10.3. The van der Waals surface area contributed by atoms with Gasteiger partial charge < -0.3 is 9.47 Å². The maximum absolute atomic E-state index is 11.6. The molecule has 0 bridgehead atoms. The van der Waals surface area contributed by atoms with E-state index < -0.39 is 0 Å². The molecule has 0 spiro atoms. The maximum atomic E-state index is 11.6. The summed E-state index contributed by atoms with van der Waals surface area (Å²) in [6.45, 7) is 4.91. The Morgan fingerprint density at radius 3 is 2.38 bits per heavy atom. The number of hydrogen-bond acceptors (Lipinski definition) is 3. The van der Waals surface area contributed by atoms with Crippen LogP contribution in [0, 0.1) is 5.41 Å². The molecule has 88 valence electrons. The third kappa shape index (κ3) is 4.03. The molecule has 1 aromatic rings. The highest BCUT2D eigenvalue weighted by Gasteiger charge is 2.20. The average Bonchev–Trinajstić information content (AvgIpc) is 2.27. The summed E-state index contributed by atoms with van der Waals surface area (Å²) in [4.78, 5) is 11.6. The molecular weight excluding hydrogens is 204 g/mol. The van der Waals surface area contributed by atoms with Crippen LogP contribution in [0.15, 0.2) is 30.3 Å². The molecule has 3 nitrogen and oxygen atoms in total. The van der Waals surface area contributed by atoms with Crippen molar-refractivity contribution in [1.82, 2.24) is 0 Å². The van der Waals surface area contributed by atoms with Gasteiger partial charge in [-0.25, -0.2) is 4.79 Å². The Hall–Kier alpha value is -1.35. The number of hydrogen-bond donors (Lipinski definition) is 0. The van der Waals surface area contributed by atoms with Gasteiger partial charge in [-0.2, -0.15) is 0 Å². The van der Waals surface area contributed by atoms with E-state index in [0.29, 0.717) is 18.8 Å². The molecule has 0 fully saturated rings. The van der Waals surface area contributed by atoms with Crippen LogP contribution in [0.2, 0.25) is 0 Å². The lowest BCUT2D eigenvalue weighted by Crippen LogP contribution is -2.26. The first kappa shape index (κ1) is 12.7. The van der Waals surface area contributed by atoms with Crippen LogP contribution in [0.4, 0.5) is 0 Å². The highest BCUT2D eigenvalue weighted by atomic mass is 16.5. The third-order valence-electron chi connectivity index (χ3n) is 2.14. The van der Waals surface area contributed by atoms with Crippen LogP contribution in [0.25, 0.3) is 0 Å².